The van der Waals surface area contributed by atoms with Crippen molar-refractivity contribution in [2.75, 3.05) is 54.1 Å². The molecule has 0 aliphatic carbocycles. The van der Waals surface area contributed by atoms with E-state index in [0.717, 1.165) is 38.5 Å². The van der Waals surface area contributed by atoms with E-state index in [0.29, 0.717) is 24.1 Å². The van der Waals surface area contributed by atoms with Gasteiger partial charge in [0.25, 0.3) is 7.82 Å². The second-order valence-electron chi connectivity index (χ2n) is 16.1. The molecule has 0 radical (unpaired) electrons. The molecule has 0 rings (SSSR count). The Hall–Kier alpha value is -1.02. The molecule has 8 nitrogen and oxygen atoms in total. The molecule has 314 valence electrons. The molecule has 53 heavy (non-hydrogen) atoms. The van der Waals surface area contributed by atoms with Crippen LogP contribution in [-0.2, 0) is 27.9 Å². The SMILES string of the molecule is CCCCCCC/C=C\C/C=C\CCCCCCCCCCCCCC(=O)OC(COCCCCCCCCCC)COP(=O)([O-])OCC[N+](C)(C)C. The van der Waals surface area contributed by atoms with Crippen LogP contribution in [0.3, 0.4) is 0 Å². The monoisotopic (exact) mass is 772 g/mol. The minimum atomic E-state index is -4.51. The van der Waals surface area contributed by atoms with Gasteiger partial charge in [-0.3, -0.25) is 9.36 Å². The van der Waals surface area contributed by atoms with Crippen LogP contribution in [-0.4, -0.2) is 70.7 Å². The lowest BCUT2D eigenvalue weighted by Crippen LogP contribution is -2.37. The zero-order valence-corrected chi connectivity index (χ0v) is 36.4. The Balaban J connectivity index is 4.06. The lowest BCUT2D eigenvalue weighted by molar-refractivity contribution is -0.870. The normalized spacial score (nSPS) is 14.0. The number of ether oxygens (including phenoxy) is 2. The van der Waals surface area contributed by atoms with Crippen molar-refractivity contribution in [3.63, 3.8) is 0 Å². The maximum absolute atomic E-state index is 12.6. The van der Waals surface area contributed by atoms with Crippen molar-refractivity contribution in [1.82, 2.24) is 0 Å². The number of hydrogen-bond donors (Lipinski definition) is 0. The Kier molecular flexibility index (Phi) is 37.2. The molecule has 2 atom stereocenters. The molecular weight excluding hydrogens is 685 g/mol. The fraction of sp³-hybridized carbons (Fsp3) is 0.886. The van der Waals surface area contributed by atoms with Gasteiger partial charge in [0.2, 0.25) is 0 Å². The van der Waals surface area contributed by atoms with Crippen LogP contribution in [0.1, 0.15) is 194 Å². The standard InChI is InChI=1S/C44H86NO7P/c1-6-8-10-12-14-16-17-18-19-20-21-22-23-24-25-26-27-28-29-30-31-33-35-37-44(46)52-43(41-49-39-36-34-32-15-13-11-9-7-2)42-51-53(47,48)50-40-38-45(3,4)5/h17-18,20-21,43H,6-16,19,22-42H2,1-5H3/b18-17-,21-20-. The molecule has 0 N–H and O–H groups in total. The molecule has 0 aliphatic heterocycles. The first-order valence-electron chi connectivity index (χ1n) is 22.1. The summed E-state index contributed by atoms with van der Waals surface area (Å²) in [4.78, 5) is 25.0. The van der Waals surface area contributed by atoms with Gasteiger partial charge < -0.3 is 27.9 Å². The fourth-order valence-corrected chi connectivity index (χ4v) is 6.78. The topological polar surface area (TPSA) is 94.1 Å². The summed E-state index contributed by atoms with van der Waals surface area (Å²) in [5.41, 5.74) is 0. The number of quaternary nitrogens is 1. The van der Waals surface area contributed by atoms with E-state index < -0.39 is 13.9 Å². The number of esters is 1. The lowest BCUT2D eigenvalue weighted by atomic mass is 10.0. The number of allylic oxidation sites excluding steroid dienone is 4. The van der Waals surface area contributed by atoms with E-state index in [-0.39, 0.29) is 25.8 Å². The molecule has 0 amide bonds. The minimum absolute atomic E-state index is 0.0274. The molecule has 0 fully saturated rings. The van der Waals surface area contributed by atoms with Gasteiger partial charge in [-0.05, 0) is 44.9 Å². The number of hydrogen-bond acceptors (Lipinski definition) is 7. The Morgan fingerprint density at radius 1 is 0.585 bits per heavy atom. The van der Waals surface area contributed by atoms with Crippen LogP contribution in [0.2, 0.25) is 0 Å². The summed E-state index contributed by atoms with van der Waals surface area (Å²) in [7, 11) is 1.36. The predicted octanol–water partition coefficient (Wildman–Crippen LogP) is 12.2. The van der Waals surface area contributed by atoms with Crippen LogP contribution in [0, 0.1) is 0 Å². The average Bonchev–Trinajstić information content (AvgIpc) is 3.11. The fourth-order valence-electron chi connectivity index (χ4n) is 6.05. The molecular formula is C44H86NO7P. The van der Waals surface area contributed by atoms with E-state index in [1.54, 1.807) is 0 Å². The summed E-state index contributed by atoms with van der Waals surface area (Å²) < 4.78 is 34.4. The van der Waals surface area contributed by atoms with Gasteiger partial charge >= 0.3 is 5.97 Å². The van der Waals surface area contributed by atoms with Gasteiger partial charge in [0, 0.05) is 13.0 Å². The molecule has 0 heterocycles. The highest BCUT2D eigenvalue weighted by Crippen LogP contribution is 2.38. The molecule has 0 aromatic carbocycles. The molecule has 0 saturated heterocycles. The molecule has 0 saturated carbocycles. The number of carbonyl (C=O) groups excluding carboxylic acids is 1. The first-order chi connectivity index (χ1) is 25.6. The summed E-state index contributed by atoms with van der Waals surface area (Å²) in [6.07, 6.45) is 42.0. The van der Waals surface area contributed by atoms with Crippen LogP contribution in [0.5, 0.6) is 0 Å². The number of carbonyl (C=O) groups is 1. The minimum Gasteiger partial charge on any atom is -0.756 e. The van der Waals surface area contributed by atoms with Crippen molar-refractivity contribution in [2.24, 2.45) is 0 Å². The van der Waals surface area contributed by atoms with Crippen LogP contribution in [0.4, 0.5) is 0 Å². The highest BCUT2D eigenvalue weighted by Gasteiger charge is 2.20. The third kappa shape index (κ3) is 42.0. The van der Waals surface area contributed by atoms with Gasteiger partial charge in [-0.2, -0.15) is 0 Å². The van der Waals surface area contributed by atoms with E-state index in [2.05, 4.69) is 38.2 Å². The molecule has 9 heteroatoms. The van der Waals surface area contributed by atoms with E-state index >= 15 is 0 Å². The van der Waals surface area contributed by atoms with Crippen molar-refractivity contribution in [3.8, 4) is 0 Å². The lowest BCUT2D eigenvalue weighted by Gasteiger charge is -2.28. The van der Waals surface area contributed by atoms with Crippen LogP contribution < -0.4 is 4.89 Å². The first kappa shape index (κ1) is 52.0. The summed E-state index contributed by atoms with van der Waals surface area (Å²) in [6, 6.07) is 0. The Bertz CT molecular complexity index is 905. The zero-order chi connectivity index (χ0) is 39.1. The van der Waals surface area contributed by atoms with E-state index in [1.807, 2.05) is 21.1 Å². The van der Waals surface area contributed by atoms with Crippen molar-refractivity contribution in [2.45, 2.75) is 200 Å². The number of rotatable bonds is 41. The second kappa shape index (κ2) is 37.9. The molecule has 0 spiro atoms. The van der Waals surface area contributed by atoms with Crippen molar-refractivity contribution >= 4 is 13.8 Å². The highest BCUT2D eigenvalue weighted by molar-refractivity contribution is 7.45. The van der Waals surface area contributed by atoms with Crippen molar-refractivity contribution < 1.29 is 37.3 Å². The quantitative estimate of drug-likeness (QED) is 0.0201. The Morgan fingerprint density at radius 3 is 1.53 bits per heavy atom. The maximum Gasteiger partial charge on any atom is 0.306 e. The number of phosphoric acid groups is 1. The number of nitrogens with zero attached hydrogens (tertiary/aromatic N) is 1. The summed E-state index contributed by atoms with van der Waals surface area (Å²) in [5, 5.41) is 0. The molecule has 0 aliphatic rings. The summed E-state index contributed by atoms with van der Waals surface area (Å²) in [5.74, 6) is -0.336. The average molecular weight is 772 g/mol. The van der Waals surface area contributed by atoms with E-state index in [9.17, 15) is 14.3 Å². The third-order valence-corrected chi connectivity index (χ3v) is 10.5. The van der Waals surface area contributed by atoms with Crippen molar-refractivity contribution in [1.29, 1.82) is 0 Å². The second-order valence-corrected chi connectivity index (χ2v) is 17.5. The van der Waals surface area contributed by atoms with Gasteiger partial charge in [-0.15, -0.1) is 0 Å². The highest BCUT2D eigenvalue weighted by atomic mass is 31.2. The largest absolute Gasteiger partial charge is 0.756 e. The van der Waals surface area contributed by atoms with E-state index in [1.165, 1.54) is 135 Å². The van der Waals surface area contributed by atoms with Crippen LogP contribution in [0.15, 0.2) is 24.3 Å². The maximum atomic E-state index is 12.6. The predicted molar refractivity (Wildman–Crippen MR) is 222 cm³/mol. The van der Waals surface area contributed by atoms with Crippen molar-refractivity contribution in [3.05, 3.63) is 24.3 Å². The molecule has 2 unspecified atom stereocenters. The first-order valence-corrected chi connectivity index (χ1v) is 23.5. The summed E-state index contributed by atoms with van der Waals surface area (Å²) in [6.45, 7) is 5.39. The van der Waals surface area contributed by atoms with Crippen LogP contribution >= 0.6 is 7.82 Å². The van der Waals surface area contributed by atoms with Gasteiger partial charge in [-0.1, -0.05) is 167 Å². The smallest absolute Gasteiger partial charge is 0.306 e. The molecule has 0 aromatic rings. The Labute approximate surface area is 328 Å². The Morgan fingerprint density at radius 2 is 1.04 bits per heavy atom. The van der Waals surface area contributed by atoms with Gasteiger partial charge in [0.15, 0.2) is 0 Å². The molecule has 0 aromatic heterocycles. The van der Waals surface area contributed by atoms with E-state index in [4.69, 9.17) is 18.5 Å². The summed E-state index contributed by atoms with van der Waals surface area (Å²) >= 11 is 0. The van der Waals surface area contributed by atoms with Gasteiger partial charge in [0.05, 0.1) is 34.4 Å². The molecule has 0 bridgehead atoms. The third-order valence-electron chi connectivity index (χ3n) is 9.51. The number of phosphoric ester groups is 1. The van der Waals surface area contributed by atoms with Crippen LogP contribution in [0.25, 0.3) is 0 Å². The zero-order valence-electron chi connectivity index (χ0n) is 35.5. The number of unbranched alkanes of at least 4 members (excludes halogenated alkanes) is 23. The van der Waals surface area contributed by atoms with Gasteiger partial charge in [0.1, 0.15) is 19.3 Å². The van der Waals surface area contributed by atoms with Gasteiger partial charge in [-0.25, -0.2) is 0 Å². The number of likely N-dealkylation sites (N-methyl/N-ethyl adjacent to an activating group) is 1.